The van der Waals surface area contributed by atoms with Gasteiger partial charge in [0.1, 0.15) is 17.2 Å². The predicted molar refractivity (Wildman–Crippen MR) is 111 cm³/mol. The fraction of sp³-hybridized carbons (Fsp3) is 0.238. The molecule has 0 aliphatic carbocycles. The minimum absolute atomic E-state index is 0.0289. The molecule has 1 amide bonds. The number of nitro groups is 1. The third-order valence-corrected chi connectivity index (χ3v) is 4.65. The number of nitrogens with one attached hydrogen (secondary N) is 1. The number of esters is 1. The molecule has 2 N–H and O–H groups in total. The smallest absolute Gasteiger partial charge is 0.337 e. The molecule has 2 aromatic rings. The van der Waals surface area contributed by atoms with Crippen molar-refractivity contribution < 1.29 is 29.1 Å². The van der Waals surface area contributed by atoms with Crippen LogP contribution in [0.25, 0.3) is 0 Å². The minimum atomic E-state index is -0.710. The van der Waals surface area contributed by atoms with E-state index >= 15 is 0 Å². The highest BCUT2D eigenvalue weighted by Crippen LogP contribution is 2.32. The summed E-state index contributed by atoms with van der Waals surface area (Å²) in [5, 5.41) is 23.4. The number of nitro benzene ring substituents is 1. The monoisotopic (exact) mass is 427 g/mol. The molecular weight excluding hydrogens is 406 g/mol. The van der Waals surface area contributed by atoms with E-state index in [-0.39, 0.29) is 48.1 Å². The fourth-order valence-corrected chi connectivity index (χ4v) is 3.11. The Bertz CT molecular complexity index is 1060. The minimum Gasteiger partial charge on any atom is -0.466 e. The van der Waals surface area contributed by atoms with Gasteiger partial charge < -0.3 is 24.8 Å². The Morgan fingerprint density at radius 1 is 1.29 bits per heavy atom. The maximum Gasteiger partial charge on any atom is 0.337 e. The van der Waals surface area contributed by atoms with E-state index in [1.807, 2.05) is 19.1 Å². The summed E-state index contributed by atoms with van der Waals surface area (Å²) >= 11 is 0. The third-order valence-electron chi connectivity index (χ3n) is 4.65. The van der Waals surface area contributed by atoms with Crippen molar-refractivity contribution in [3.63, 3.8) is 0 Å². The largest absolute Gasteiger partial charge is 0.466 e. The van der Waals surface area contributed by atoms with Crippen LogP contribution < -0.4 is 10.1 Å². The number of β-amino-alcohol motifs (C(OH)–C–C–N with tert-alkyl or cyclic N) is 1. The van der Waals surface area contributed by atoms with Crippen molar-refractivity contribution in [2.24, 2.45) is 0 Å². The van der Waals surface area contributed by atoms with Crippen molar-refractivity contribution in [1.29, 1.82) is 0 Å². The average molecular weight is 427 g/mol. The number of hydrogen-bond donors (Lipinski definition) is 2. The van der Waals surface area contributed by atoms with Gasteiger partial charge in [0.15, 0.2) is 0 Å². The predicted octanol–water partition coefficient (Wildman–Crippen LogP) is 2.37. The van der Waals surface area contributed by atoms with E-state index in [9.17, 15) is 19.7 Å². The number of hydrogen-bond acceptors (Lipinski definition) is 8. The lowest BCUT2D eigenvalue weighted by atomic mass is 10.2. The van der Waals surface area contributed by atoms with Crippen molar-refractivity contribution >= 4 is 23.3 Å². The molecule has 0 saturated heterocycles. The maximum atomic E-state index is 12.7. The molecule has 31 heavy (non-hydrogen) atoms. The average Bonchev–Trinajstić information content (AvgIpc) is 3.05. The highest BCUT2D eigenvalue weighted by molar-refractivity contribution is 6.08. The van der Waals surface area contributed by atoms with Crippen molar-refractivity contribution in [1.82, 2.24) is 4.90 Å². The SMILES string of the molecule is COC(=O)C1=C(Nc2cc(Oc3ccccc3C)cc([N+](=O)[O-])c2)C(=O)N(CCO)C1. The summed E-state index contributed by atoms with van der Waals surface area (Å²) < 4.78 is 10.6. The Hall–Kier alpha value is -3.92. The first kappa shape index (κ1) is 21.8. The highest BCUT2D eigenvalue weighted by atomic mass is 16.6. The van der Waals surface area contributed by atoms with Crippen molar-refractivity contribution in [2.75, 3.05) is 32.1 Å². The molecule has 162 valence electrons. The number of methoxy groups -OCH3 is 1. The first-order chi connectivity index (χ1) is 14.8. The van der Waals surface area contributed by atoms with Crippen LogP contribution in [0.1, 0.15) is 5.56 Å². The Morgan fingerprint density at radius 2 is 2.03 bits per heavy atom. The van der Waals surface area contributed by atoms with E-state index in [0.717, 1.165) is 5.56 Å². The zero-order valence-electron chi connectivity index (χ0n) is 17.0. The Balaban J connectivity index is 1.98. The summed E-state index contributed by atoms with van der Waals surface area (Å²) in [6.07, 6.45) is 0. The molecule has 0 aromatic heterocycles. The van der Waals surface area contributed by atoms with Crippen molar-refractivity contribution in [2.45, 2.75) is 6.92 Å². The van der Waals surface area contributed by atoms with Gasteiger partial charge in [-0.15, -0.1) is 0 Å². The second kappa shape index (κ2) is 9.26. The quantitative estimate of drug-likeness (QED) is 0.373. The van der Waals surface area contributed by atoms with Crippen LogP contribution in [-0.4, -0.2) is 53.6 Å². The van der Waals surface area contributed by atoms with Gasteiger partial charge in [0.25, 0.3) is 11.6 Å². The molecule has 0 unspecified atom stereocenters. The topological polar surface area (TPSA) is 131 Å². The number of benzene rings is 2. The summed E-state index contributed by atoms with van der Waals surface area (Å²) in [7, 11) is 1.19. The van der Waals surface area contributed by atoms with Crippen LogP contribution >= 0.6 is 0 Å². The van der Waals surface area contributed by atoms with Crippen LogP contribution in [0.2, 0.25) is 0 Å². The third kappa shape index (κ3) is 4.81. The summed E-state index contributed by atoms with van der Waals surface area (Å²) in [6, 6.07) is 11.2. The number of carbonyl (C=O) groups excluding carboxylic acids is 2. The molecule has 0 radical (unpaired) electrons. The van der Waals surface area contributed by atoms with Crippen LogP contribution in [0.3, 0.4) is 0 Å². The summed E-state index contributed by atoms with van der Waals surface area (Å²) in [6.45, 7) is 1.54. The molecule has 0 saturated carbocycles. The maximum absolute atomic E-state index is 12.7. The molecule has 10 nitrogen and oxygen atoms in total. The van der Waals surface area contributed by atoms with Gasteiger partial charge >= 0.3 is 5.97 Å². The standard InChI is InChI=1S/C21H21N3O7/c1-13-5-3-4-6-18(13)31-16-10-14(9-15(11-16)24(28)29)22-19-17(21(27)30-2)12-23(7-8-25)20(19)26/h3-6,9-11,22,25H,7-8,12H2,1-2H3. The second-order valence-corrected chi connectivity index (χ2v) is 6.76. The van der Waals surface area contributed by atoms with Gasteiger partial charge in [-0.05, 0) is 18.6 Å². The Labute approximate surface area is 177 Å². The molecule has 0 spiro atoms. The van der Waals surface area contributed by atoms with Gasteiger partial charge in [-0.3, -0.25) is 14.9 Å². The molecule has 0 atom stereocenters. The van der Waals surface area contributed by atoms with Crippen LogP contribution in [0, 0.1) is 17.0 Å². The zero-order chi connectivity index (χ0) is 22.5. The molecule has 1 aliphatic rings. The highest BCUT2D eigenvalue weighted by Gasteiger charge is 2.34. The lowest BCUT2D eigenvalue weighted by Gasteiger charge is -2.15. The van der Waals surface area contributed by atoms with Gasteiger partial charge in [-0.1, -0.05) is 18.2 Å². The number of rotatable bonds is 8. The number of carbonyl (C=O) groups is 2. The number of amides is 1. The molecule has 1 aliphatic heterocycles. The molecule has 10 heteroatoms. The summed E-state index contributed by atoms with van der Waals surface area (Å²) in [5.41, 5.74) is 0.765. The van der Waals surface area contributed by atoms with Crippen molar-refractivity contribution in [3.05, 3.63) is 69.4 Å². The van der Waals surface area contributed by atoms with Gasteiger partial charge in [-0.2, -0.15) is 0 Å². The van der Waals surface area contributed by atoms with Gasteiger partial charge in [-0.25, -0.2) is 4.79 Å². The van der Waals surface area contributed by atoms with E-state index in [1.54, 1.807) is 12.1 Å². The van der Waals surface area contributed by atoms with E-state index in [0.29, 0.717) is 5.75 Å². The first-order valence-corrected chi connectivity index (χ1v) is 9.35. The normalized spacial score (nSPS) is 13.4. The number of non-ortho nitro benzene ring substituents is 1. The van der Waals surface area contributed by atoms with E-state index in [2.05, 4.69) is 5.32 Å². The number of aryl methyl sites for hydroxylation is 1. The number of nitrogens with zero attached hydrogens (tertiary/aromatic N) is 2. The number of anilines is 1. The Morgan fingerprint density at radius 3 is 2.68 bits per heavy atom. The van der Waals surface area contributed by atoms with Crippen LogP contribution in [0.4, 0.5) is 11.4 Å². The lowest BCUT2D eigenvalue weighted by Crippen LogP contribution is -2.31. The molecule has 1 heterocycles. The lowest BCUT2D eigenvalue weighted by molar-refractivity contribution is -0.384. The van der Waals surface area contributed by atoms with Crippen LogP contribution in [-0.2, 0) is 14.3 Å². The number of para-hydroxylation sites is 1. The molecular formula is C21H21N3O7. The van der Waals surface area contributed by atoms with E-state index in [4.69, 9.17) is 14.6 Å². The molecule has 0 fully saturated rings. The number of ether oxygens (including phenoxy) is 2. The molecule has 3 rings (SSSR count). The van der Waals surface area contributed by atoms with Gasteiger partial charge in [0.05, 0.1) is 36.8 Å². The Kier molecular flexibility index (Phi) is 6.51. The van der Waals surface area contributed by atoms with Crippen molar-refractivity contribution in [3.8, 4) is 11.5 Å². The number of aliphatic hydroxyl groups excluding tert-OH is 1. The van der Waals surface area contributed by atoms with Crippen LogP contribution in [0.5, 0.6) is 11.5 Å². The van der Waals surface area contributed by atoms with E-state index in [1.165, 1.54) is 30.2 Å². The second-order valence-electron chi connectivity index (χ2n) is 6.76. The van der Waals surface area contributed by atoms with E-state index < -0.39 is 16.8 Å². The van der Waals surface area contributed by atoms with Gasteiger partial charge in [0, 0.05) is 24.4 Å². The fourth-order valence-electron chi connectivity index (χ4n) is 3.11. The zero-order valence-corrected chi connectivity index (χ0v) is 17.0. The van der Waals surface area contributed by atoms with Crippen LogP contribution in [0.15, 0.2) is 53.7 Å². The summed E-state index contributed by atoms with van der Waals surface area (Å²) in [4.78, 5) is 36.9. The first-order valence-electron chi connectivity index (χ1n) is 9.35. The van der Waals surface area contributed by atoms with Gasteiger partial charge in [0.2, 0.25) is 0 Å². The molecule has 2 aromatic carbocycles. The molecule has 0 bridgehead atoms. The summed E-state index contributed by atoms with van der Waals surface area (Å²) in [5.74, 6) is -0.529. The number of aliphatic hydroxyl groups is 1.